The first-order valence-corrected chi connectivity index (χ1v) is 9.15. The second kappa shape index (κ2) is 17.0. The number of hydrogen-bond donors (Lipinski definition) is 1. The minimum atomic E-state index is 0.0773. The summed E-state index contributed by atoms with van der Waals surface area (Å²) in [6, 6.07) is 0. The van der Waals surface area contributed by atoms with E-state index >= 15 is 0 Å². The molecule has 0 spiro atoms. The topological polar surface area (TPSA) is 29.5 Å². The van der Waals surface area contributed by atoms with E-state index in [0.717, 1.165) is 19.3 Å². The van der Waals surface area contributed by atoms with Gasteiger partial charge in [-0.3, -0.25) is 5.26 Å². The molecule has 2 heteroatoms. The van der Waals surface area contributed by atoms with Crippen molar-refractivity contribution in [3.63, 3.8) is 0 Å². The van der Waals surface area contributed by atoms with Gasteiger partial charge < -0.3 is 0 Å². The molecule has 0 aromatic carbocycles. The van der Waals surface area contributed by atoms with E-state index in [1.807, 2.05) is 0 Å². The fourth-order valence-electron chi connectivity index (χ4n) is 2.72. The van der Waals surface area contributed by atoms with E-state index in [2.05, 4.69) is 18.7 Å². The number of hydrogen-bond acceptors (Lipinski definition) is 2. The van der Waals surface area contributed by atoms with Crippen LogP contribution in [0.25, 0.3) is 0 Å². The van der Waals surface area contributed by atoms with Crippen molar-refractivity contribution in [1.82, 2.24) is 0 Å². The van der Waals surface area contributed by atoms with Crippen LogP contribution in [0.15, 0.2) is 0 Å². The van der Waals surface area contributed by atoms with Crippen LogP contribution in [0, 0.1) is 0 Å². The van der Waals surface area contributed by atoms with Crippen LogP contribution < -0.4 is 0 Å². The van der Waals surface area contributed by atoms with E-state index in [4.69, 9.17) is 5.26 Å². The lowest BCUT2D eigenvalue weighted by Gasteiger charge is -2.12. The molecule has 0 bridgehead atoms. The average Bonchev–Trinajstić information content (AvgIpc) is 2.48. The molecule has 20 heavy (non-hydrogen) atoms. The van der Waals surface area contributed by atoms with Crippen LogP contribution in [-0.2, 0) is 4.89 Å². The molecule has 2 nitrogen and oxygen atoms in total. The van der Waals surface area contributed by atoms with Gasteiger partial charge in [0.15, 0.2) is 0 Å². The number of unbranched alkanes of at least 4 members (excludes halogenated alkanes) is 11. The summed E-state index contributed by atoms with van der Waals surface area (Å²) < 4.78 is 0. The summed E-state index contributed by atoms with van der Waals surface area (Å²) in [5.74, 6) is 0. The van der Waals surface area contributed by atoms with Crippen molar-refractivity contribution in [1.29, 1.82) is 0 Å². The van der Waals surface area contributed by atoms with Gasteiger partial charge in [-0.15, -0.1) is 0 Å². The van der Waals surface area contributed by atoms with Crippen LogP contribution in [0.4, 0.5) is 0 Å². The van der Waals surface area contributed by atoms with Crippen LogP contribution in [0.3, 0.4) is 0 Å². The molecule has 1 unspecified atom stereocenters. The fourth-order valence-corrected chi connectivity index (χ4v) is 2.72. The van der Waals surface area contributed by atoms with Crippen LogP contribution >= 0.6 is 0 Å². The van der Waals surface area contributed by atoms with Gasteiger partial charge in [0.1, 0.15) is 0 Å². The van der Waals surface area contributed by atoms with Crippen LogP contribution in [0.1, 0.15) is 110 Å². The normalized spacial score (nSPS) is 12.8. The van der Waals surface area contributed by atoms with Gasteiger partial charge in [-0.25, -0.2) is 4.89 Å². The molecule has 0 radical (unpaired) electrons. The van der Waals surface area contributed by atoms with E-state index in [-0.39, 0.29) is 6.10 Å². The Morgan fingerprint density at radius 2 is 1.00 bits per heavy atom. The molecule has 1 N–H and O–H groups in total. The van der Waals surface area contributed by atoms with Crippen LogP contribution in [-0.4, -0.2) is 11.4 Å². The summed E-state index contributed by atoms with van der Waals surface area (Å²) in [6.07, 6.45) is 19.5. The second-order valence-corrected chi connectivity index (χ2v) is 6.19. The molecule has 0 heterocycles. The maximum Gasteiger partial charge on any atom is 0.0927 e. The predicted molar refractivity (Wildman–Crippen MR) is 88.1 cm³/mol. The van der Waals surface area contributed by atoms with Gasteiger partial charge in [0.2, 0.25) is 0 Å². The molecule has 0 aliphatic carbocycles. The molecule has 0 aromatic rings. The summed E-state index contributed by atoms with van der Waals surface area (Å²) >= 11 is 0. The summed E-state index contributed by atoms with van der Waals surface area (Å²) in [4.78, 5) is 4.54. The molecule has 1 atom stereocenters. The summed E-state index contributed by atoms with van der Waals surface area (Å²) in [5.41, 5.74) is 0. The van der Waals surface area contributed by atoms with E-state index in [1.165, 1.54) is 77.0 Å². The third-order valence-electron chi connectivity index (χ3n) is 4.16. The number of rotatable bonds is 16. The van der Waals surface area contributed by atoms with Crippen molar-refractivity contribution in [3.05, 3.63) is 0 Å². The van der Waals surface area contributed by atoms with Crippen molar-refractivity contribution >= 4 is 0 Å². The molecule has 0 aliphatic heterocycles. The lowest BCUT2D eigenvalue weighted by molar-refractivity contribution is -0.281. The maximum absolute atomic E-state index is 8.81. The Bertz CT molecular complexity index is 171. The summed E-state index contributed by atoms with van der Waals surface area (Å²) in [6.45, 7) is 4.45. The molecule has 0 amide bonds. The molecule has 122 valence electrons. The van der Waals surface area contributed by atoms with E-state index in [9.17, 15) is 0 Å². The van der Waals surface area contributed by atoms with Gasteiger partial charge in [-0.1, -0.05) is 97.3 Å². The molecular formula is C18H38O2. The highest BCUT2D eigenvalue weighted by molar-refractivity contribution is 4.57. The van der Waals surface area contributed by atoms with E-state index in [1.54, 1.807) is 0 Å². The van der Waals surface area contributed by atoms with Gasteiger partial charge in [0.25, 0.3) is 0 Å². The van der Waals surface area contributed by atoms with Crippen LogP contribution in [0.2, 0.25) is 0 Å². The van der Waals surface area contributed by atoms with Gasteiger partial charge in [-0.2, -0.15) is 0 Å². The monoisotopic (exact) mass is 286 g/mol. The molecule has 0 saturated carbocycles. The first kappa shape index (κ1) is 19.9. The molecule has 0 fully saturated rings. The Kier molecular flexibility index (Phi) is 16.9. The van der Waals surface area contributed by atoms with E-state index in [0.29, 0.717) is 0 Å². The van der Waals surface area contributed by atoms with Crippen molar-refractivity contribution in [2.75, 3.05) is 0 Å². The van der Waals surface area contributed by atoms with Gasteiger partial charge in [0.05, 0.1) is 6.10 Å². The van der Waals surface area contributed by atoms with Gasteiger partial charge in [-0.05, 0) is 12.8 Å². The first-order chi connectivity index (χ1) is 9.85. The van der Waals surface area contributed by atoms with Crippen LogP contribution in [0.5, 0.6) is 0 Å². The van der Waals surface area contributed by atoms with Gasteiger partial charge in [0, 0.05) is 0 Å². The highest BCUT2D eigenvalue weighted by atomic mass is 17.1. The highest BCUT2D eigenvalue weighted by Crippen LogP contribution is 2.15. The van der Waals surface area contributed by atoms with Gasteiger partial charge >= 0.3 is 0 Å². The fraction of sp³-hybridized carbons (Fsp3) is 1.00. The Morgan fingerprint density at radius 1 is 0.600 bits per heavy atom. The van der Waals surface area contributed by atoms with Crippen molar-refractivity contribution < 1.29 is 10.1 Å². The highest BCUT2D eigenvalue weighted by Gasteiger charge is 2.07. The quantitative estimate of drug-likeness (QED) is 0.193. The Morgan fingerprint density at radius 3 is 1.45 bits per heavy atom. The molecule has 0 aliphatic rings. The van der Waals surface area contributed by atoms with Crippen molar-refractivity contribution in [3.8, 4) is 0 Å². The van der Waals surface area contributed by atoms with Crippen molar-refractivity contribution in [2.24, 2.45) is 0 Å². The molecular weight excluding hydrogens is 248 g/mol. The third kappa shape index (κ3) is 14.3. The lowest BCUT2D eigenvalue weighted by atomic mass is 10.0. The summed E-state index contributed by atoms with van der Waals surface area (Å²) in [7, 11) is 0. The Labute approximate surface area is 127 Å². The third-order valence-corrected chi connectivity index (χ3v) is 4.16. The van der Waals surface area contributed by atoms with E-state index < -0.39 is 0 Å². The summed E-state index contributed by atoms with van der Waals surface area (Å²) in [5, 5.41) is 8.81. The predicted octanol–water partition coefficient (Wildman–Crippen LogP) is 6.74. The standard InChI is InChI=1S/C18H38O2/c1-3-5-7-8-9-10-11-12-13-14-15-17-18(20-19)16-6-4-2/h18-19H,3-17H2,1-2H3. The van der Waals surface area contributed by atoms with Crippen molar-refractivity contribution in [2.45, 2.75) is 116 Å². The first-order valence-electron chi connectivity index (χ1n) is 9.15. The minimum absolute atomic E-state index is 0.0773. The lowest BCUT2D eigenvalue weighted by Crippen LogP contribution is -2.10. The maximum atomic E-state index is 8.81. The SMILES string of the molecule is CCCCCCCCCCCCCC(CCCC)OO. The average molecular weight is 286 g/mol. The zero-order valence-corrected chi connectivity index (χ0v) is 14.0. The second-order valence-electron chi connectivity index (χ2n) is 6.19. The smallest absolute Gasteiger partial charge is 0.0927 e. The Hall–Kier alpha value is -0.0800. The molecule has 0 saturated heterocycles. The largest absolute Gasteiger partial charge is 0.252 e. The molecule has 0 aromatic heterocycles. The zero-order chi connectivity index (χ0) is 14.9. The zero-order valence-electron chi connectivity index (χ0n) is 14.0. The minimum Gasteiger partial charge on any atom is -0.252 e. The Balaban J connectivity index is 3.15. The molecule has 0 rings (SSSR count).